The van der Waals surface area contributed by atoms with Crippen molar-refractivity contribution >= 4 is 51.5 Å². The van der Waals surface area contributed by atoms with Crippen LogP contribution < -0.4 is 10.6 Å². The molecule has 17 heavy (non-hydrogen) atoms. The number of nitrogens with one attached hydrogen (secondary N) is 2. The van der Waals surface area contributed by atoms with Gasteiger partial charge in [-0.2, -0.15) is 0 Å². The lowest BCUT2D eigenvalue weighted by atomic mass is 10.4. The first-order valence-corrected chi connectivity index (χ1v) is 7.38. The van der Waals surface area contributed by atoms with Crippen molar-refractivity contribution in [3.63, 3.8) is 0 Å². The summed E-state index contributed by atoms with van der Waals surface area (Å²) in [4.78, 5) is 27.1. The molecule has 5 nitrogen and oxygen atoms in total. The van der Waals surface area contributed by atoms with E-state index in [9.17, 15) is 9.59 Å². The van der Waals surface area contributed by atoms with E-state index in [4.69, 9.17) is 11.6 Å². The molecule has 1 aromatic heterocycles. The first-order valence-electron chi connectivity index (χ1n) is 4.81. The summed E-state index contributed by atoms with van der Waals surface area (Å²) < 4.78 is 0.719. The van der Waals surface area contributed by atoms with Crippen LogP contribution in [0.3, 0.4) is 0 Å². The fourth-order valence-electron chi connectivity index (χ4n) is 1.03. The molecule has 0 aliphatic heterocycles. The van der Waals surface area contributed by atoms with Gasteiger partial charge in [0.05, 0.1) is 0 Å². The van der Waals surface area contributed by atoms with E-state index < -0.39 is 0 Å². The molecule has 1 heterocycles. The average molecular weight is 294 g/mol. The molecular formula is C9H12ClN3O2S2. The zero-order valence-corrected chi connectivity index (χ0v) is 11.8. The van der Waals surface area contributed by atoms with E-state index in [0.29, 0.717) is 11.5 Å². The molecule has 0 fully saturated rings. The number of hydrogen-bond acceptors (Lipinski definition) is 5. The second-order valence-electron chi connectivity index (χ2n) is 2.90. The lowest BCUT2D eigenvalue weighted by Crippen LogP contribution is -2.24. The lowest BCUT2D eigenvalue weighted by Gasteiger charge is -2.02. The van der Waals surface area contributed by atoms with Crippen LogP contribution in [0.4, 0.5) is 5.00 Å². The second kappa shape index (κ2) is 6.83. The maximum atomic E-state index is 11.7. The number of halogens is 1. The number of carbonyl (C=O) groups is 2. The van der Waals surface area contributed by atoms with Gasteiger partial charge in [0.1, 0.15) is 10.9 Å². The summed E-state index contributed by atoms with van der Waals surface area (Å²) >= 11 is 8.08. The first-order chi connectivity index (χ1) is 8.12. The largest absolute Gasteiger partial charge is 0.351 e. The molecule has 0 aliphatic carbocycles. The number of alkyl halides is 1. The van der Waals surface area contributed by atoms with Crippen molar-refractivity contribution in [2.45, 2.75) is 11.3 Å². The smallest absolute Gasteiger partial charge is 0.273 e. The summed E-state index contributed by atoms with van der Waals surface area (Å²) in [5, 5.41) is 5.64. The Kier molecular flexibility index (Phi) is 5.73. The summed E-state index contributed by atoms with van der Waals surface area (Å²) in [5.41, 5.74) is 0.236. The normalized spacial score (nSPS) is 10.1. The molecule has 0 atom stereocenters. The van der Waals surface area contributed by atoms with Gasteiger partial charge >= 0.3 is 0 Å². The Morgan fingerprint density at radius 3 is 2.76 bits per heavy atom. The quantitative estimate of drug-likeness (QED) is 0.641. The topological polar surface area (TPSA) is 71.1 Å². The molecule has 0 unspecified atom stereocenters. The Balaban J connectivity index is 2.96. The molecule has 2 amide bonds. The summed E-state index contributed by atoms with van der Waals surface area (Å²) in [5.74, 6) is -0.802. The standard InChI is InChI=1S/C9H12ClN3O2S2/c1-3-11-7(15)6-8(12-5(14)4-10)17-9(13-6)16-2/h3-4H2,1-2H3,(H,11,15)(H,12,14). The summed E-state index contributed by atoms with van der Waals surface area (Å²) in [6, 6.07) is 0. The van der Waals surface area contributed by atoms with Crippen LogP contribution in [0.2, 0.25) is 0 Å². The number of amides is 2. The van der Waals surface area contributed by atoms with Gasteiger partial charge in [-0.3, -0.25) is 9.59 Å². The third-order valence-corrected chi connectivity index (χ3v) is 3.91. The van der Waals surface area contributed by atoms with Gasteiger partial charge in [-0.1, -0.05) is 23.1 Å². The number of hydrogen-bond donors (Lipinski definition) is 2. The molecule has 1 rings (SSSR count). The van der Waals surface area contributed by atoms with Gasteiger partial charge < -0.3 is 10.6 Å². The number of thioether (sulfide) groups is 1. The highest BCUT2D eigenvalue weighted by molar-refractivity contribution is 8.00. The molecule has 2 N–H and O–H groups in total. The first kappa shape index (κ1) is 14.3. The fourth-order valence-corrected chi connectivity index (χ4v) is 2.57. The molecular weight excluding hydrogens is 282 g/mol. The Bertz CT molecular complexity index is 422. The van der Waals surface area contributed by atoms with E-state index in [1.807, 2.05) is 13.2 Å². The highest BCUT2D eigenvalue weighted by atomic mass is 35.5. The number of carbonyl (C=O) groups excluding carboxylic acids is 2. The van der Waals surface area contributed by atoms with E-state index >= 15 is 0 Å². The number of nitrogens with zero attached hydrogens (tertiary/aromatic N) is 1. The van der Waals surface area contributed by atoms with Crippen LogP contribution >= 0.6 is 34.7 Å². The fraction of sp³-hybridized carbons (Fsp3) is 0.444. The predicted molar refractivity (Wildman–Crippen MR) is 71.3 cm³/mol. The number of thiazole rings is 1. The third kappa shape index (κ3) is 3.86. The van der Waals surface area contributed by atoms with Crippen LogP contribution in [-0.4, -0.2) is 35.5 Å². The van der Waals surface area contributed by atoms with Crippen LogP contribution in [0.25, 0.3) is 0 Å². The van der Waals surface area contributed by atoms with Crippen LogP contribution in [0, 0.1) is 0 Å². The molecule has 8 heteroatoms. The van der Waals surface area contributed by atoms with Crippen LogP contribution in [0.5, 0.6) is 0 Å². The van der Waals surface area contributed by atoms with Crippen LogP contribution in [-0.2, 0) is 4.79 Å². The number of anilines is 1. The lowest BCUT2D eigenvalue weighted by molar-refractivity contribution is -0.113. The zero-order chi connectivity index (χ0) is 12.8. The van der Waals surface area contributed by atoms with Crippen molar-refractivity contribution in [1.82, 2.24) is 10.3 Å². The maximum Gasteiger partial charge on any atom is 0.273 e. The SMILES string of the molecule is CCNC(=O)c1nc(SC)sc1NC(=O)CCl. The molecule has 0 saturated carbocycles. The van der Waals surface area contributed by atoms with Crippen molar-refractivity contribution in [1.29, 1.82) is 0 Å². The monoisotopic (exact) mass is 293 g/mol. The second-order valence-corrected chi connectivity index (χ2v) is 5.22. The molecule has 0 aromatic carbocycles. The predicted octanol–water partition coefficient (Wildman–Crippen LogP) is 1.79. The molecule has 0 bridgehead atoms. The molecule has 0 radical (unpaired) electrons. The van der Waals surface area contributed by atoms with Gasteiger partial charge in [-0.15, -0.1) is 11.6 Å². The Morgan fingerprint density at radius 1 is 1.53 bits per heavy atom. The van der Waals surface area contributed by atoms with E-state index in [1.54, 1.807) is 0 Å². The van der Waals surface area contributed by atoms with Crippen molar-refractivity contribution in [2.24, 2.45) is 0 Å². The van der Waals surface area contributed by atoms with E-state index in [0.717, 1.165) is 4.34 Å². The van der Waals surface area contributed by atoms with Crippen LogP contribution in [0.1, 0.15) is 17.4 Å². The van der Waals surface area contributed by atoms with Crippen LogP contribution in [0.15, 0.2) is 4.34 Å². The van der Waals surface area contributed by atoms with E-state index in [2.05, 4.69) is 15.6 Å². The molecule has 1 aromatic rings. The van der Waals surface area contributed by atoms with Gasteiger partial charge in [0.15, 0.2) is 10.0 Å². The minimum Gasteiger partial charge on any atom is -0.351 e. The minimum atomic E-state index is -0.353. The van der Waals surface area contributed by atoms with Gasteiger partial charge in [0.2, 0.25) is 5.91 Å². The third-order valence-electron chi connectivity index (χ3n) is 1.71. The van der Waals surface area contributed by atoms with E-state index in [-0.39, 0.29) is 23.4 Å². The molecule has 94 valence electrons. The summed E-state index contributed by atoms with van der Waals surface area (Å²) in [6.45, 7) is 2.32. The van der Waals surface area contributed by atoms with Gasteiger partial charge in [0.25, 0.3) is 5.91 Å². The molecule has 0 spiro atoms. The Morgan fingerprint density at radius 2 is 2.24 bits per heavy atom. The average Bonchev–Trinajstić information content (AvgIpc) is 2.72. The van der Waals surface area contributed by atoms with Gasteiger partial charge in [-0.05, 0) is 13.2 Å². The summed E-state index contributed by atoms with van der Waals surface area (Å²) in [7, 11) is 0. The highest BCUT2D eigenvalue weighted by Crippen LogP contribution is 2.30. The Labute approximate surface area is 112 Å². The van der Waals surface area contributed by atoms with Crippen molar-refractivity contribution < 1.29 is 9.59 Å². The maximum absolute atomic E-state index is 11.7. The van der Waals surface area contributed by atoms with Crippen molar-refractivity contribution in [3.8, 4) is 0 Å². The van der Waals surface area contributed by atoms with Gasteiger partial charge in [-0.25, -0.2) is 4.98 Å². The summed E-state index contributed by atoms with van der Waals surface area (Å²) in [6.07, 6.45) is 1.85. The van der Waals surface area contributed by atoms with Crippen molar-refractivity contribution in [2.75, 3.05) is 24.0 Å². The highest BCUT2D eigenvalue weighted by Gasteiger charge is 2.18. The Hall–Kier alpha value is -0.790. The minimum absolute atomic E-state index is 0.151. The molecule has 0 aliphatic rings. The molecule has 0 saturated heterocycles. The number of rotatable bonds is 5. The zero-order valence-electron chi connectivity index (χ0n) is 9.37. The number of aromatic nitrogens is 1. The van der Waals surface area contributed by atoms with E-state index in [1.165, 1.54) is 23.1 Å². The van der Waals surface area contributed by atoms with Crippen molar-refractivity contribution in [3.05, 3.63) is 5.69 Å². The van der Waals surface area contributed by atoms with Gasteiger partial charge in [0, 0.05) is 6.54 Å².